The highest BCUT2D eigenvalue weighted by Crippen LogP contribution is 2.36. The highest BCUT2D eigenvalue weighted by atomic mass is 32.2. The van der Waals surface area contributed by atoms with Crippen molar-refractivity contribution in [1.29, 1.82) is 0 Å². The van der Waals surface area contributed by atoms with Gasteiger partial charge in [-0.2, -0.15) is 4.31 Å². The lowest BCUT2D eigenvalue weighted by atomic mass is 10.0. The fraction of sp³-hybridized carbons (Fsp3) is 0.562. The Hall–Kier alpha value is -1.80. The Morgan fingerprint density at radius 3 is 2.83 bits per heavy atom. The number of pyridine rings is 1. The molecule has 24 heavy (non-hydrogen) atoms. The van der Waals surface area contributed by atoms with Gasteiger partial charge >= 0.3 is 0 Å². The van der Waals surface area contributed by atoms with Gasteiger partial charge in [-0.05, 0) is 43.7 Å². The fourth-order valence-electron chi connectivity index (χ4n) is 3.33. The Morgan fingerprint density at radius 1 is 1.21 bits per heavy atom. The molecule has 0 spiro atoms. The molecule has 0 radical (unpaired) electrons. The van der Waals surface area contributed by atoms with Crippen molar-refractivity contribution >= 4 is 10.0 Å². The lowest BCUT2D eigenvalue weighted by Gasteiger charge is -2.34. The van der Waals surface area contributed by atoms with Gasteiger partial charge in [-0.1, -0.05) is 6.42 Å². The molecule has 128 valence electrons. The lowest BCUT2D eigenvalue weighted by molar-refractivity contribution is 0.240. The van der Waals surface area contributed by atoms with E-state index < -0.39 is 10.0 Å². The number of aromatic nitrogens is 4. The zero-order valence-corrected chi connectivity index (χ0v) is 14.3. The third-order valence-electron chi connectivity index (χ3n) is 4.79. The van der Waals surface area contributed by atoms with Gasteiger partial charge in [0.25, 0.3) is 0 Å². The smallest absolute Gasteiger partial charge is 0.245 e. The lowest BCUT2D eigenvalue weighted by Crippen LogP contribution is -2.39. The van der Waals surface area contributed by atoms with Gasteiger partial charge in [0, 0.05) is 25.5 Å². The summed E-state index contributed by atoms with van der Waals surface area (Å²) in [6.07, 6.45) is 9.85. The summed E-state index contributed by atoms with van der Waals surface area (Å²) < 4.78 is 29.8. The first-order valence-corrected chi connectivity index (χ1v) is 9.90. The molecule has 0 amide bonds. The Morgan fingerprint density at radius 2 is 2.08 bits per heavy atom. The van der Waals surface area contributed by atoms with Crippen molar-refractivity contribution in [2.24, 2.45) is 5.92 Å². The average Bonchev–Trinajstić information content (AvgIpc) is 3.31. The van der Waals surface area contributed by atoms with E-state index in [-0.39, 0.29) is 10.9 Å². The molecular formula is C16H21N5O2S. The number of piperidine rings is 1. The van der Waals surface area contributed by atoms with E-state index in [9.17, 15) is 8.42 Å². The molecule has 0 unspecified atom stereocenters. The second-order valence-corrected chi connectivity index (χ2v) is 8.49. The number of hydrogen-bond acceptors (Lipinski definition) is 5. The van der Waals surface area contributed by atoms with Gasteiger partial charge < -0.3 is 4.57 Å². The van der Waals surface area contributed by atoms with Crippen molar-refractivity contribution in [3.05, 3.63) is 36.7 Å². The van der Waals surface area contributed by atoms with Crippen molar-refractivity contribution in [3.8, 4) is 0 Å². The largest absolute Gasteiger partial charge is 0.316 e. The fourth-order valence-corrected chi connectivity index (χ4v) is 4.95. The molecule has 8 heteroatoms. The van der Waals surface area contributed by atoms with Gasteiger partial charge in [-0.15, -0.1) is 10.2 Å². The molecule has 1 aliphatic heterocycles. The predicted molar refractivity (Wildman–Crippen MR) is 87.5 cm³/mol. The van der Waals surface area contributed by atoms with Crippen molar-refractivity contribution in [1.82, 2.24) is 24.1 Å². The maximum Gasteiger partial charge on any atom is 0.245 e. The molecule has 3 heterocycles. The summed E-state index contributed by atoms with van der Waals surface area (Å²) in [5.41, 5.74) is 0. The number of sulfonamides is 1. The standard InChI is InChI=1S/C16H21N5O2S/c22-24(23,14-4-3-8-17-10-14)21-9-2-1-5-15(21)16-19-18-12-20(16)11-13-6-7-13/h3-4,8,10,12-13,15H,1-2,5-7,9,11H2/t15-/m1/s1. The van der Waals surface area contributed by atoms with Crippen LogP contribution in [0.25, 0.3) is 0 Å². The van der Waals surface area contributed by atoms with Gasteiger partial charge in [0.1, 0.15) is 11.2 Å². The summed E-state index contributed by atoms with van der Waals surface area (Å²) in [5.74, 6) is 1.46. The highest BCUT2D eigenvalue weighted by Gasteiger charge is 2.37. The van der Waals surface area contributed by atoms with Gasteiger partial charge in [0.05, 0.1) is 6.04 Å². The van der Waals surface area contributed by atoms with Crippen molar-refractivity contribution in [3.63, 3.8) is 0 Å². The monoisotopic (exact) mass is 347 g/mol. The maximum absolute atomic E-state index is 13.1. The summed E-state index contributed by atoms with van der Waals surface area (Å²) in [4.78, 5) is 4.20. The van der Waals surface area contributed by atoms with E-state index in [2.05, 4.69) is 15.2 Å². The van der Waals surface area contributed by atoms with Crippen LogP contribution < -0.4 is 0 Å². The van der Waals surface area contributed by atoms with E-state index in [1.807, 2.05) is 4.57 Å². The molecule has 4 rings (SSSR count). The van der Waals surface area contributed by atoms with Gasteiger partial charge in [-0.3, -0.25) is 4.98 Å². The highest BCUT2D eigenvalue weighted by molar-refractivity contribution is 7.89. The number of rotatable bonds is 5. The summed E-state index contributed by atoms with van der Waals surface area (Å²) in [5, 5.41) is 8.32. The first kappa shape index (κ1) is 15.7. The predicted octanol–water partition coefficient (Wildman–Crippen LogP) is 2.00. The Balaban J connectivity index is 1.67. The molecule has 2 aromatic heterocycles. The second-order valence-electron chi connectivity index (χ2n) is 6.60. The number of hydrogen-bond donors (Lipinski definition) is 0. The van der Waals surface area contributed by atoms with Gasteiger partial charge in [0.15, 0.2) is 5.82 Å². The van der Waals surface area contributed by atoms with E-state index in [0.29, 0.717) is 12.5 Å². The van der Waals surface area contributed by atoms with Gasteiger partial charge in [-0.25, -0.2) is 8.42 Å². The summed E-state index contributed by atoms with van der Waals surface area (Å²) >= 11 is 0. The van der Waals surface area contributed by atoms with Crippen LogP contribution in [0, 0.1) is 5.92 Å². The van der Waals surface area contributed by atoms with Crippen LogP contribution in [0.15, 0.2) is 35.7 Å². The van der Waals surface area contributed by atoms with E-state index in [1.165, 1.54) is 19.0 Å². The third kappa shape index (κ3) is 2.95. The zero-order valence-electron chi connectivity index (χ0n) is 13.5. The van der Waals surface area contributed by atoms with Crippen molar-refractivity contribution in [2.45, 2.75) is 49.6 Å². The molecule has 0 aromatic carbocycles. The molecule has 1 saturated heterocycles. The van der Waals surface area contributed by atoms with Gasteiger partial charge in [0.2, 0.25) is 10.0 Å². The normalized spacial score (nSPS) is 22.6. The SMILES string of the molecule is O=S(=O)(c1cccnc1)N1CCCC[C@@H]1c1nncn1CC1CC1. The first-order valence-electron chi connectivity index (χ1n) is 8.46. The molecule has 0 N–H and O–H groups in total. The van der Waals surface area contributed by atoms with E-state index >= 15 is 0 Å². The Kier molecular flexibility index (Phi) is 4.09. The molecule has 1 aliphatic carbocycles. The van der Waals surface area contributed by atoms with E-state index in [1.54, 1.807) is 29.0 Å². The van der Waals surface area contributed by atoms with Crippen molar-refractivity contribution < 1.29 is 8.42 Å². The molecule has 1 saturated carbocycles. The second kappa shape index (κ2) is 6.25. The van der Waals surface area contributed by atoms with Crippen molar-refractivity contribution in [2.75, 3.05) is 6.54 Å². The van der Waals surface area contributed by atoms with Crippen LogP contribution >= 0.6 is 0 Å². The zero-order chi connectivity index (χ0) is 16.6. The van der Waals surface area contributed by atoms with E-state index in [0.717, 1.165) is 31.6 Å². The minimum Gasteiger partial charge on any atom is -0.316 e. The minimum atomic E-state index is -3.58. The molecule has 2 aliphatic rings. The molecular weight excluding hydrogens is 326 g/mol. The molecule has 2 aromatic rings. The van der Waals surface area contributed by atoms with Crippen LogP contribution in [0.5, 0.6) is 0 Å². The van der Waals surface area contributed by atoms with Crippen LogP contribution in [0.4, 0.5) is 0 Å². The summed E-state index contributed by atoms with van der Waals surface area (Å²) in [6.45, 7) is 1.40. The van der Waals surface area contributed by atoms with Crippen LogP contribution in [-0.4, -0.2) is 39.0 Å². The first-order chi connectivity index (χ1) is 11.7. The van der Waals surface area contributed by atoms with Crippen LogP contribution in [0.1, 0.15) is 44.0 Å². The summed E-state index contributed by atoms with van der Waals surface area (Å²) in [7, 11) is -3.58. The minimum absolute atomic E-state index is 0.241. The van der Waals surface area contributed by atoms with E-state index in [4.69, 9.17) is 0 Å². The Labute approximate surface area is 141 Å². The molecule has 0 bridgehead atoms. The summed E-state index contributed by atoms with van der Waals surface area (Å²) in [6, 6.07) is 3.01. The third-order valence-corrected chi connectivity index (χ3v) is 6.68. The van der Waals surface area contributed by atoms with Crippen LogP contribution in [0.3, 0.4) is 0 Å². The number of nitrogens with zero attached hydrogens (tertiary/aromatic N) is 5. The van der Waals surface area contributed by atoms with Crippen LogP contribution in [-0.2, 0) is 16.6 Å². The molecule has 7 nitrogen and oxygen atoms in total. The van der Waals surface area contributed by atoms with Crippen LogP contribution in [0.2, 0.25) is 0 Å². The Bertz CT molecular complexity index is 801. The molecule has 1 atom stereocenters. The quantitative estimate of drug-likeness (QED) is 0.826. The molecule has 2 fully saturated rings. The topological polar surface area (TPSA) is 81.0 Å². The maximum atomic E-state index is 13.1. The average molecular weight is 347 g/mol.